The van der Waals surface area contributed by atoms with Crippen molar-refractivity contribution in [3.63, 3.8) is 0 Å². The lowest BCUT2D eigenvalue weighted by atomic mass is 9.96. The molecule has 1 aliphatic heterocycles. The summed E-state index contributed by atoms with van der Waals surface area (Å²) in [6, 6.07) is 22.7. The molecule has 0 spiro atoms. The number of methoxy groups -OCH3 is 1. The quantitative estimate of drug-likeness (QED) is 0.280. The second-order valence-corrected chi connectivity index (χ2v) is 10.0. The molecule has 5 nitrogen and oxygen atoms in total. The van der Waals surface area contributed by atoms with E-state index in [1.54, 1.807) is 7.11 Å². The van der Waals surface area contributed by atoms with E-state index in [1.165, 1.54) is 11.3 Å². The molecule has 0 saturated carbocycles. The zero-order valence-corrected chi connectivity index (χ0v) is 22.5. The first-order valence-corrected chi connectivity index (χ1v) is 12.7. The molecule has 1 saturated heterocycles. The number of pyridine rings is 1. The second kappa shape index (κ2) is 9.47. The fourth-order valence-corrected chi connectivity index (χ4v) is 5.54. The molecule has 0 aliphatic carbocycles. The van der Waals surface area contributed by atoms with E-state index < -0.39 is 0 Å². The van der Waals surface area contributed by atoms with Gasteiger partial charge in [0.15, 0.2) is 5.11 Å². The summed E-state index contributed by atoms with van der Waals surface area (Å²) < 4.78 is 8.73. The van der Waals surface area contributed by atoms with E-state index in [-0.39, 0.29) is 12.1 Å². The summed E-state index contributed by atoms with van der Waals surface area (Å²) in [4.78, 5) is 6.92. The summed E-state index contributed by atoms with van der Waals surface area (Å²) in [7, 11) is 1.69. The van der Waals surface area contributed by atoms with Crippen LogP contribution in [-0.2, 0) is 0 Å². The van der Waals surface area contributed by atoms with Crippen LogP contribution < -0.4 is 15.0 Å². The molecule has 7 heteroatoms. The van der Waals surface area contributed by atoms with Gasteiger partial charge in [0.05, 0.1) is 24.9 Å². The lowest BCUT2D eigenvalue weighted by Gasteiger charge is -2.28. The van der Waals surface area contributed by atoms with Gasteiger partial charge in [0, 0.05) is 33.4 Å². The maximum Gasteiger partial charge on any atom is 0.174 e. The predicted octanol–water partition coefficient (Wildman–Crippen LogP) is 6.75. The SMILES string of the molecule is COc1ccc(-n2c(C)cc(C3C(c4ccccn4)NC(=S)N3c3ccc(Br)c(C)c3)c2C)cc1. The van der Waals surface area contributed by atoms with E-state index in [9.17, 15) is 0 Å². The number of rotatable bonds is 5. The van der Waals surface area contributed by atoms with Crippen molar-refractivity contribution in [2.75, 3.05) is 12.0 Å². The van der Waals surface area contributed by atoms with Crippen molar-refractivity contribution in [2.24, 2.45) is 0 Å². The van der Waals surface area contributed by atoms with Gasteiger partial charge in [0.2, 0.25) is 0 Å². The maximum atomic E-state index is 5.91. The van der Waals surface area contributed by atoms with Crippen LogP contribution in [0.25, 0.3) is 5.69 Å². The number of aromatic nitrogens is 2. The Kier molecular flexibility index (Phi) is 6.38. The number of thiocarbonyl (C=S) groups is 1. The second-order valence-electron chi connectivity index (χ2n) is 8.79. The highest BCUT2D eigenvalue weighted by Crippen LogP contribution is 2.44. The van der Waals surface area contributed by atoms with Gasteiger partial charge in [-0.15, -0.1) is 0 Å². The number of nitrogens with zero attached hydrogens (tertiary/aromatic N) is 3. The monoisotopic (exact) mass is 546 g/mol. The van der Waals surface area contributed by atoms with Gasteiger partial charge in [-0.05, 0) is 105 Å². The minimum absolute atomic E-state index is 0.0591. The lowest BCUT2D eigenvalue weighted by molar-refractivity contribution is 0.414. The lowest BCUT2D eigenvalue weighted by Crippen LogP contribution is -2.29. The Morgan fingerprint density at radius 2 is 1.71 bits per heavy atom. The van der Waals surface area contributed by atoms with E-state index in [2.05, 4.69) is 98.9 Å². The molecular formula is C28H27BrN4OS. The van der Waals surface area contributed by atoms with Crippen molar-refractivity contribution in [3.8, 4) is 11.4 Å². The molecule has 2 aromatic heterocycles. The zero-order chi connectivity index (χ0) is 24.7. The molecular weight excluding hydrogens is 520 g/mol. The first-order valence-electron chi connectivity index (χ1n) is 11.5. The molecule has 0 radical (unpaired) electrons. The van der Waals surface area contributed by atoms with E-state index >= 15 is 0 Å². The Labute approximate surface area is 219 Å². The van der Waals surface area contributed by atoms with Gasteiger partial charge < -0.3 is 19.5 Å². The summed E-state index contributed by atoms with van der Waals surface area (Å²) in [5.41, 5.74) is 7.82. The smallest absolute Gasteiger partial charge is 0.174 e. The molecule has 2 aromatic carbocycles. The first kappa shape index (κ1) is 23.6. The Bertz CT molecular complexity index is 1380. The summed E-state index contributed by atoms with van der Waals surface area (Å²) in [5.74, 6) is 0.841. The van der Waals surface area contributed by atoms with Gasteiger partial charge in [0.1, 0.15) is 5.75 Å². The van der Waals surface area contributed by atoms with Gasteiger partial charge in [0.25, 0.3) is 0 Å². The summed E-state index contributed by atoms with van der Waals surface area (Å²) in [6.07, 6.45) is 1.84. The molecule has 4 aromatic rings. The van der Waals surface area contributed by atoms with Crippen molar-refractivity contribution in [3.05, 3.63) is 106 Å². The average Bonchev–Trinajstić information content (AvgIpc) is 3.36. The predicted molar refractivity (Wildman–Crippen MR) is 149 cm³/mol. The van der Waals surface area contributed by atoms with Crippen LogP contribution >= 0.6 is 28.1 Å². The number of ether oxygens (including phenoxy) is 1. The average molecular weight is 548 g/mol. The first-order chi connectivity index (χ1) is 16.9. The third kappa shape index (κ3) is 4.23. The van der Waals surface area contributed by atoms with Crippen LogP contribution in [0.1, 0.15) is 40.3 Å². The largest absolute Gasteiger partial charge is 0.497 e. The number of hydrogen-bond acceptors (Lipinski definition) is 3. The van der Waals surface area contributed by atoms with Crippen LogP contribution in [0.15, 0.2) is 77.4 Å². The van der Waals surface area contributed by atoms with Gasteiger partial charge >= 0.3 is 0 Å². The molecule has 2 unspecified atom stereocenters. The van der Waals surface area contributed by atoms with Crippen LogP contribution in [0, 0.1) is 20.8 Å². The molecule has 178 valence electrons. The topological polar surface area (TPSA) is 42.3 Å². The number of anilines is 1. The fraction of sp³-hybridized carbons (Fsp3) is 0.214. The van der Waals surface area contributed by atoms with Crippen molar-refractivity contribution < 1.29 is 4.74 Å². The van der Waals surface area contributed by atoms with Crippen molar-refractivity contribution in [2.45, 2.75) is 32.9 Å². The Balaban J connectivity index is 1.66. The Hall–Kier alpha value is -3.16. The standard InChI is InChI=1S/C28H27BrN4OS/c1-17-15-21(10-13-24(17)29)33-27(26(31-28(33)35)25-7-5-6-14-30-25)23-16-18(2)32(19(23)3)20-8-11-22(34-4)12-9-20/h5-16,26-27H,1-4H3,(H,31,35). The maximum absolute atomic E-state index is 5.91. The van der Waals surface area contributed by atoms with Crippen molar-refractivity contribution in [1.82, 2.24) is 14.9 Å². The van der Waals surface area contributed by atoms with Gasteiger partial charge in [-0.3, -0.25) is 4.98 Å². The van der Waals surface area contributed by atoms with Crippen LogP contribution in [0.2, 0.25) is 0 Å². The molecule has 3 heterocycles. The molecule has 5 rings (SSSR count). The Morgan fingerprint density at radius 3 is 2.37 bits per heavy atom. The molecule has 2 atom stereocenters. The molecule has 1 fully saturated rings. The highest BCUT2D eigenvalue weighted by atomic mass is 79.9. The Morgan fingerprint density at radius 1 is 0.971 bits per heavy atom. The van der Waals surface area contributed by atoms with Gasteiger partial charge in [-0.2, -0.15) is 0 Å². The zero-order valence-electron chi connectivity index (χ0n) is 20.1. The highest BCUT2D eigenvalue weighted by molar-refractivity contribution is 9.10. The van der Waals surface area contributed by atoms with Crippen molar-refractivity contribution in [1.29, 1.82) is 0 Å². The van der Waals surface area contributed by atoms with E-state index in [1.807, 2.05) is 30.5 Å². The van der Waals surface area contributed by atoms with Crippen LogP contribution in [0.4, 0.5) is 5.69 Å². The summed E-state index contributed by atoms with van der Waals surface area (Å²) in [5, 5.41) is 4.27. The van der Waals surface area contributed by atoms with E-state index in [0.717, 1.165) is 38.5 Å². The number of hydrogen-bond donors (Lipinski definition) is 1. The van der Waals surface area contributed by atoms with Crippen LogP contribution in [0.5, 0.6) is 5.75 Å². The number of aryl methyl sites for hydroxylation is 2. The molecule has 0 amide bonds. The molecule has 35 heavy (non-hydrogen) atoms. The summed E-state index contributed by atoms with van der Waals surface area (Å²) >= 11 is 9.54. The minimum atomic E-state index is -0.0857. The number of halogens is 1. The third-order valence-corrected chi connectivity index (χ3v) is 7.84. The van der Waals surface area contributed by atoms with Gasteiger partial charge in [-0.1, -0.05) is 22.0 Å². The molecule has 1 N–H and O–H groups in total. The van der Waals surface area contributed by atoms with E-state index in [0.29, 0.717) is 5.11 Å². The van der Waals surface area contributed by atoms with E-state index in [4.69, 9.17) is 17.0 Å². The normalized spacial score (nSPS) is 17.5. The highest BCUT2D eigenvalue weighted by Gasteiger charge is 2.42. The minimum Gasteiger partial charge on any atom is -0.497 e. The fourth-order valence-electron chi connectivity index (χ4n) is 4.94. The van der Waals surface area contributed by atoms with Crippen molar-refractivity contribution >= 4 is 38.9 Å². The third-order valence-electron chi connectivity index (χ3n) is 6.64. The van der Waals surface area contributed by atoms with Crippen LogP contribution in [0.3, 0.4) is 0 Å². The number of nitrogens with one attached hydrogen (secondary N) is 1. The van der Waals surface area contributed by atoms with Crippen LogP contribution in [-0.4, -0.2) is 21.8 Å². The molecule has 1 aliphatic rings. The number of benzene rings is 2. The van der Waals surface area contributed by atoms with Gasteiger partial charge in [-0.25, -0.2) is 0 Å². The summed E-state index contributed by atoms with van der Waals surface area (Å²) in [6.45, 7) is 6.42. The molecule has 0 bridgehead atoms.